The molecule has 2 rings (SSSR count). The molecule has 0 aliphatic heterocycles. The smallest absolute Gasteiger partial charge is 0.339 e. The van der Waals surface area contributed by atoms with Crippen LogP contribution >= 0.6 is 15.9 Å². The van der Waals surface area contributed by atoms with Crippen LogP contribution in [0.1, 0.15) is 10.4 Å². The normalized spacial score (nSPS) is 10.1. The van der Waals surface area contributed by atoms with Crippen molar-refractivity contribution < 1.29 is 9.90 Å². The highest BCUT2D eigenvalue weighted by atomic mass is 79.9. The number of carboxylic acids is 1. The van der Waals surface area contributed by atoms with Crippen molar-refractivity contribution in [2.24, 2.45) is 0 Å². The zero-order valence-electron chi connectivity index (χ0n) is 9.09. The molecule has 0 atom stereocenters. The first-order valence-electron chi connectivity index (χ1n) is 4.95. The van der Waals surface area contributed by atoms with Crippen LogP contribution in [0.25, 0.3) is 0 Å². The predicted molar refractivity (Wildman–Crippen MR) is 70.8 cm³/mol. The molecule has 2 aromatic rings. The molecule has 6 nitrogen and oxygen atoms in total. The van der Waals surface area contributed by atoms with Crippen LogP contribution in [0.15, 0.2) is 34.8 Å². The maximum absolute atomic E-state index is 11.1. The second-order valence-electron chi connectivity index (χ2n) is 3.47. The van der Waals surface area contributed by atoms with E-state index in [0.29, 0.717) is 5.69 Å². The molecule has 18 heavy (non-hydrogen) atoms. The Hall–Kier alpha value is -2.15. The number of hydrogen-bond acceptors (Lipinski definition) is 5. The Morgan fingerprint density at radius 1 is 1.33 bits per heavy atom. The highest BCUT2D eigenvalue weighted by Gasteiger charge is 2.13. The third-order valence-corrected chi connectivity index (χ3v) is 2.62. The molecule has 0 unspecified atom stereocenters. The molecule has 0 fully saturated rings. The Labute approximate surface area is 111 Å². The maximum atomic E-state index is 11.1. The minimum Gasteiger partial charge on any atom is -0.478 e. The van der Waals surface area contributed by atoms with Gasteiger partial charge in [-0.05, 0) is 18.2 Å². The fraction of sp³-hybridized carbons (Fsp3) is 0. The van der Waals surface area contributed by atoms with Crippen molar-refractivity contribution >= 4 is 39.2 Å². The molecule has 92 valence electrons. The van der Waals surface area contributed by atoms with Crippen molar-refractivity contribution in [3.63, 3.8) is 0 Å². The zero-order valence-corrected chi connectivity index (χ0v) is 10.7. The maximum Gasteiger partial charge on any atom is 0.339 e. The van der Waals surface area contributed by atoms with Gasteiger partial charge in [-0.1, -0.05) is 22.0 Å². The summed E-state index contributed by atoms with van der Waals surface area (Å²) in [6, 6.07) is 8.52. The lowest BCUT2D eigenvalue weighted by molar-refractivity contribution is 0.0697. The number of nitrogens with zero attached hydrogens (tertiary/aromatic N) is 2. The Bertz CT molecular complexity index is 603. The highest BCUT2D eigenvalue weighted by molar-refractivity contribution is 9.10. The number of aromatic carboxylic acids is 1. The fourth-order valence-corrected chi connectivity index (χ4v) is 1.76. The standard InChI is InChI=1S/C11H9BrN4O2/c12-6-2-1-3-7(4-6)14-10-8(11(17)18)5-9(13)15-16-10/h1-5H,(H2,13,15)(H,14,16)(H,17,18). The van der Waals surface area contributed by atoms with Crippen molar-refractivity contribution in [3.8, 4) is 0 Å². The number of nitrogen functional groups attached to an aromatic ring is 1. The van der Waals surface area contributed by atoms with E-state index in [1.807, 2.05) is 12.1 Å². The fourth-order valence-electron chi connectivity index (χ4n) is 1.37. The van der Waals surface area contributed by atoms with Crippen molar-refractivity contribution in [3.05, 3.63) is 40.4 Å². The molecule has 7 heteroatoms. The van der Waals surface area contributed by atoms with E-state index >= 15 is 0 Å². The number of carbonyl (C=O) groups is 1. The minimum atomic E-state index is -1.12. The summed E-state index contributed by atoms with van der Waals surface area (Å²) in [5.74, 6) is -0.906. The molecule has 1 aromatic heterocycles. The van der Waals surface area contributed by atoms with Gasteiger partial charge in [0.25, 0.3) is 0 Å². The molecule has 0 radical (unpaired) electrons. The van der Waals surface area contributed by atoms with E-state index in [1.54, 1.807) is 12.1 Å². The van der Waals surface area contributed by atoms with E-state index in [9.17, 15) is 4.79 Å². The first kappa shape index (κ1) is 12.3. The summed E-state index contributed by atoms with van der Waals surface area (Å²) in [5.41, 5.74) is 6.09. The zero-order chi connectivity index (χ0) is 13.1. The van der Waals surface area contributed by atoms with E-state index in [1.165, 1.54) is 6.07 Å². The third kappa shape index (κ3) is 2.75. The molecular formula is C11H9BrN4O2. The summed E-state index contributed by atoms with van der Waals surface area (Å²) in [5, 5.41) is 19.3. The molecule has 0 aliphatic carbocycles. The number of halogens is 1. The van der Waals surface area contributed by atoms with Crippen LogP contribution in [0.2, 0.25) is 0 Å². The van der Waals surface area contributed by atoms with Gasteiger partial charge in [-0.2, -0.15) is 0 Å². The van der Waals surface area contributed by atoms with Gasteiger partial charge in [0, 0.05) is 16.2 Å². The van der Waals surface area contributed by atoms with Gasteiger partial charge >= 0.3 is 5.97 Å². The van der Waals surface area contributed by atoms with E-state index in [4.69, 9.17) is 10.8 Å². The Balaban J connectivity index is 2.37. The quantitative estimate of drug-likeness (QED) is 0.804. The Morgan fingerprint density at radius 3 is 2.78 bits per heavy atom. The molecule has 1 aromatic carbocycles. The summed E-state index contributed by atoms with van der Waals surface area (Å²) < 4.78 is 0.868. The lowest BCUT2D eigenvalue weighted by atomic mass is 10.2. The number of hydrogen-bond donors (Lipinski definition) is 3. The number of anilines is 3. The van der Waals surface area contributed by atoms with Gasteiger partial charge in [0.15, 0.2) is 5.82 Å². The van der Waals surface area contributed by atoms with Crippen molar-refractivity contribution in [1.82, 2.24) is 10.2 Å². The number of aromatic nitrogens is 2. The molecule has 1 heterocycles. The average molecular weight is 309 g/mol. The lowest BCUT2D eigenvalue weighted by Crippen LogP contribution is -2.08. The molecule has 0 bridgehead atoms. The van der Waals surface area contributed by atoms with Gasteiger partial charge in [-0.15, -0.1) is 10.2 Å². The number of nitrogens with two attached hydrogens (primary N) is 1. The van der Waals surface area contributed by atoms with Crippen molar-refractivity contribution in [1.29, 1.82) is 0 Å². The molecule has 0 saturated heterocycles. The third-order valence-electron chi connectivity index (χ3n) is 2.13. The Morgan fingerprint density at radius 2 is 2.11 bits per heavy atom. The van der Waals surface area contributed by atoms with Gasteiger partial charge in [-0.25, -0.2) is 4.79 Å². The molecule has 4 N–H and O–H groups in total. The van der Waals surface area contributed by atoms with Gasteiger partial charge in [0.1, 0.15) is 11.4 Å². The lowest BCUT2D eigenvalue weighted by Gasteiger charge is -2.08. The van der Waals surface area contributed by atoms with Crippen LogP contribution in [-0.4, -0.2) is 21.3 Å². The first-order valence-corrected chi connectivity index (χ1v) is 5.74. The Kier molecular flexibility index (Phi) is 3.42. The largest absolute Gasteiger partial charge is 0.478 e. The summed E-state index contributed by atoms with van der Waals surface area (Å²) >= 11 is 3.32. The van der Waals surface area contributed by atoms with Crippen LogP contribution in [-0.2, 0) is 0 Å². The number of benzene rings is 1. The molecule has 0 saturated carbocycles. The van der Waals surface area contributed by atoms with Gasteiger partial charge in [0.05, 0.1) is 0 Å². The number of nitrogens with one attached hydrogen (secondary N) is 1. The number of carboxylic acid groups (broad SMARTS) is 1. The second-order valence-corrected chi connectivity index (χ2v) is 4.39. The molecular weight excluding hydrogens is 300 g/mol. The molecule has 0 spiro atoms. The molecule has 0 amide bonds. The number of rotatable bonds is 3. The minimum absolute atomic E-state index is 0.0255. The van der Waals surface area contributed by atoms with E-state index in [0.717, 1.165) is 4.47 Å². The van der Waals surface area contributed by atoms with Crippen molar-refractivity contribution in [2.75, 3.05) is 11.1 Å². The van der Waals surface area contributed by atoms with E-state index < -0.39 is 5.97 Å². The van der Waals surface area contributed by atoms with Gasteiger partial charge < -0.3 is 16.2 Å². The SMILES string of the molecule is Nc1cc(C(=O)O)c(Nc2cccc(Br)c2)nn1. The monoisotopic (exact) mass is 308 g/mol. The van der Waals surface area contributed by atoms with Crippen LogP contribution in [0.5, 0.6) is 0 Å². The predicted octanol–water partition coefficient (Wildman–Crippen LogP) is 2.26. The van der Waals surface area contributed by atoms with E-state index in [2.05, 4.69) is 31.4 Å². The average Bonchev–Trinajstić information content (AvgIpc) is 2.31. The van der Waals surface area contributed by atoms with Crippen LogP contribution in [0.4, 0.5) is 17.3 Å². The highest BCUT2D eigenvalue weighted by Crippen LogP contribution is 2.22. The van der Waals surface area contributed by atoms with Gasteiger partial charge in [-0.3, -0.25) is 0 Å². The topological polar surface area (TPSA) is 101 Å². The summed E-state index contributed by atoms with van der Waals surface area (Å²) in [6.07, 6.45) is 0. The van der Waals surface area contributed by atoms with Crippen LogP contribution in [0.3, 0.4) is 0 Å². The van der Waals surface area contributed by atoms with Crippen LogP contribution in [0, 0.1) is 0 Å². The molecule has 0 aliphatic rings. The van der Waals surface area contributed by atoms with E-state index in [-0.39, 0.29) is 17.2 Å². The van der Waals surface area contributed by atoms with Crippen LogP contribution < -0.4 is 11.1 Å². The summed E-state index contributed by atoms with van der Waals surface area (Å²) in [4.78, 5) is 11.1. The second kappa shape index (κ2) is 5.01. The summed E-state index contributed by atoms with van der Waals surface area (Å²) in [7, 11) is 0. The van der Waals surface area contributed by atoms with Gasteiger partial charge in [0.2, 0.25) is 0 Å². The summed E-state index contributed by atoms with van der Waals surface area (Å²) in [6.45, 7) is 0. The van der Waals surface area contributed by atoms with Crippen molar-refractivity contribution in [2.45, 2.75) is 0 Å². The first-order chi connectivity index (χ1) is 8.56.